The summed E-state index contributed by atoms with van der Waals surface area (Å²) in [5.74, 6) is 1.04. The first-order valence-corrected chi connectivity index (χ1v) is 5.61. The van der Waals surface area contributed by atoms with Crippen molar-refractivity contribution in [2.75, 3.05) is 19.5 Å². The van der Waals surface area contributed by atoms with Gasteiger partial charge in [0.05, 0.1) is 13.3 Å². The van der Waals surface area contributed by atoms with Crippen LogP contribution in [0, 0.1) is 6.92 Å². The smallest absolute Gasteiger partial charge is 0.305 e. The highest BCUT2D eigenvalue weighted by molar-refractivity contribution is 5.70. The van der Waals surface area contributed by atoms with E-state index < -0.39 is 0 Å². The number of aromatic nitrogens is 4. The van der Waals surface area contributed by atoms with E-state index in [1.165, 1.54) is 7.11 Å². The molecule has 0 aromatic carbocycles. The molecule has 0 saturated carbocycles. The first kappa shape index (κ1) is 12.3. The van der Waals surface area contributed by atoms with Crippen molar-refractivity contribution in [2.24, 2.45) is 0 Å². The Morgan fingerprint density at radius 2 is 2.28 bits per heavy atom. The normalized spacial score (nSPS) is 10.6. The molecular formula is C11H15N5O2. The van der Waals surface area contributed by atoms with Crippen molar-refractivity contribution >= 4 is 17.6 Å². The monoisotopic (exact) mass is 249 g/mol. The number of fused-ring (bicyclic) bond motifs is 1. The van der Waals surface area contributed by atoms with Crippen LogP contribution in [0.25, 0.3) is 5.65 Å². The number of rotatable bonds is 4. The van der Waals surface area contributed by atoms with Gasteiger partial charge in [0.15, 0.2) is 5.65 Å². The summed E-state index contributed by atoms with van der Waals surface area (Å²) in [6.07, 6.45) is 2.57. The minimum atomic E-state index is -0.242. The summed E-state index contributed by atoms with van der Waals surface area (Å²) in [4.78, 5) is 19.7. The average Bonchev–Trinajstić information content (AvgIpc) is 2.77. The van der Waals surface area contributed by atoms with E-state index in [2.05, 4.69) is 25.1 Å². The van der Waals surface area contributed by atoms with Gasteiger partial charge in [-0.05, 0) is 13.3 Å². The molecule has 1 N–H and O–H groups in total. The number of hydrogen-bond donors (Lipinski definition) is 1. The Labute approximate surface area is 104 Å². The number of aryl methyl sites for hydroxylation is 2. The SMILES string of the molecule is CNc1nc(C)nc2c(CCC(=O)OC)cnn12. The quantitative estimate of drug-likeness (QED) is 0.798. The molecule has 18 heavy (non-hydrogen) atoms. The van der Waals surface area contributed by atoms with E-state index in [4.69, 9.17) is 0 Å². The average molecular weight is 249 g/mol. The number of anilines is 1. The second kappa shape index (κ2) is 4.99. The van der Waals surface area contributed by atoms with Crippen LogP contribution >= 0.6 is 0 Å². The van der Waals surface area contributed by atoms with Crippen LogP contribution in [0.1, 0.15) is 17.8 Å². The summed E-state index contributed by atoms with van der Waals surface area (Å²) >= 11 is 0. The number of carbonyl (C=O) groups is 1. The molecule has 2 heterocycles. The maximum absolute atomic E-state index is 11.1. The van der Waals surface area contributed by atoms with Crippen LogP contribution in [0.15, 0.2) is 6.20 Å². The standard InChI is InChI=1S/C11H15N5O2/c1-7-14-10-8(4-5-9(17)18-3)6-13-16(10)11(12-2)15-7/h6H,4-5H2,1-3H3,(H,12,14,15). The van der Waals surface area contributed by atoms with Crippen molar-refractivity contribution in [2.45, 2.75) is 19.8 Å². The zero-order valence-corrected chi connectivity index (χ0v) is 10.6. The Morgan fingerprint density at radius 3 is 2.94 bits per heavy atom. The summed E-state index contributed by atoms with van der Waals surface area (Å²) < 4.78 is 6.24. The van der Waals surface area contributed by atoms with Gasteiger partial charge in [-0.15, -0.1) is 0 Å². The Balaban J connectivity index is 2.35. The summed E-state index contributed by atoms with van der Waals surface area (Å²) in [6, 6.07) is 0. The van der Waals surface area contributed by atoms with Crippen LogP contribution in [0.3, 0.4) is 0 Å². The third-order valence-corrected chi connectivity index (χ3v) is 2.60. The number of ether oxygens (including phenoxy) is 1. The number of nitrogens with one attached hydrogen (secondary N) is 1. The number of methoxy groups -OCH3 is 1. The van der Waals surface area contributed by atoms with Crippen LogP contribution in [0.2, 0.25) is 0 Å². The Morgan fingerprint density at radius 1 is 1.50 bits per heavy atom. The number of esters is 1. The predicted molar refractivity (Wildman–Crippen MR) is 65.4 cm³/mol. The lowest BCUT2D eigenvalue weighted by molar-refractivity contribution is -0.140. The molecule has 0 atom stereocenters. The van der Waals surface area contributed by atoms with E-state index in [0.717, 1.165) is 11.2 Å². The van der Waals surface area contributed by atoms with E-state index >= 15 is 0 Å². The van der Waals surface area contributed by atoms with Gasteiger partial charge in [-0.25, -0.2) is 4.98 Å². The fourth-order valence-corrected chi connectivity index (χ4v) is 1.71. The molecule has 0 fully saturated rings. The first-order valence-electron chi connectivity index (χ1n) is 5.61. The minimum Gasteiger partial charge on any atom is -0.469 e. The van der Waals surface area contributed by atoms with E-state index in [9.17, 15) is 4.79 Å². The summed E-state index contributed by atoms with van der Waals surface area (Å²) in [7, 11) is 3.15. The molecule has 0 saturated heterocycles. The molecule has 0 amide bonds. The first-order chi connectivity index (χ1) is 8.65. The van der Waals surface area contributed by atoms with Gasteiger partial charge >= 0.3 is 5.97 Å². The zero-order valence-electron chi connectivity index (χ0n) is 10.6. The Hall–Kier alpha value is -2.18. The van der Waals surface area contributed by atoms with Gasteiger partial charge < -0.3 is 10.1 Å². The second-order valence-corrected chi connectivity index (χ2v) is 3.83. The topological polar surface area (TPSA) is 81.4 Å². The molecule has 0 bridgehead atoms. The number of nitrogens with zero attached hydrogens (tertiary/aromatic N) is 4. The lowest BCUT2D eigenvalue weighted by atomic mass is 10.2. The Kier molecular flexibility index (Phi) is 3.40. The van der Waals surface area contributed by atoms with Crippen molar-refractivity contribution in [3.8, 4) is 0 Å². The van der Waals surface area contributed by atoms with Crippen LogP contribution in [-0.2, 0) is 16.0 Å². The van der Waals surface area contributed by atoms with Crippen LogP contribution in [0.5, 0.6) is 0 Å². The molecule has 7 heteroatoms. The van der Waals surface area contributed by atoms with Crippen molar-refractivity contribution in [1.82, 2.24) is 19.6 Å². The molecule has 0 aliphatic heterocycles. The van der Waals surface area contributed by atoms with Gasteiger partial charge in [-0.3, -0.25) is 4.79 Å². The lowest BCUT2D eigenvalue weighted by Gasteiger charge is -2.04. The molecule has 2 aromatic rings. The van der Waals surface area contributed by atoms with Crippen molar-refractivity contribution < 1.29 is 9.53 Å². The Bertz CT molecular complexity index is 578. The lowest BCUT2D eigenvalue weighted by Crippen LogP contribution is -2.06. The van der Waals surface area contributed by atoms with Crippen molar-refractivity contribution in [3.05, 3.63) is 17.6 Å². The third-order valence-electron chi connectivity index (χ3n) is 2.60. The highest BCUT2D eigenvalue weighted by Crippen LogP contribution is 2.14. The molecule has 0 unspecified atom stereocenters. The van der Waals surface area contributed by atoms with Gasteiger partial charge in [0, 0.05) is 19.0 Å². The van der Waals surface area contributed by atoms with E-state index in [0.29, 0.717) is 24.6 Å². The highest BCUT2D eigenvalue weighted by atomic mass is 16.5. The van der Waals surface area contributed by atoms with Crippen LogP contribution < -0.4 is 5.32 Å². The molecule has 0 spiro atoms. The summed E-state index contributed by atoms with van der Waals surface area (Å²) in [6.45, 7) is 1.82. The van der Waals surface area contributed by atoms with E-state index in [-0.39, 0.29) is 5.97 Å². The molecule has 0 radical (unpaired) electrons. The summed E-state index contributed by atoms with van der Waals surface area (Å²) in [5, 5.41) is 7.17. The van der Waals surface area contributed by atoms with Crippen LogP contribution in [0.4, 0.5) is 5.95 Å². The number of carbonyl (C=O) groups excluding carboxylic acids is 1. The predicted octanol–water partition coefficient (Wildman–Crippen LogP) is 0.580. The zero-order chi connectivity index (χ0) is 13.1. The molecule has 96 valence electrons. The van der Waals surface area contributed by atoms with E-state index in [1.54, 1.807) is 17.8 Å². The van der Waals surface area contributed by atoms with Gasteiger partial charge in [0.2, 0.25) is 5.95 Å². The van der Waals surface area contributed by atoms with Gasteiger partial charge in [-0.1, -0.05) is 0 Å². The molecule has 2 aromatic heterocycles. The van der Waals surface area contributed by atoms with Crippen molar-refractivity contribution in [3.63, 3.8) is 0 Å². The fourth-order valence-electron chi connectivity index (χ4n) is 1.71. The minimum absolute atomic E-state index is 0.242. The van der Waals surface area contributed by atoms with Crippen molar-refractivity contribution in [1.29, 1.82) is 0 Å². The fraction of sp³-hybridized carbons (Fsp3) is 0.455. The van der Waals surface area contributed by atoms with Gasteiger partial charge in [0.25, 0.3) is 0 Å². The van der Waals surface area contributed by atoms with Crippen LogP contribution in [-0.4, -0.2) is 39.7 Å². The maximum atomic E-state index is 11.1. The van der Waals surface area contributed by atoms with Gasteiger partial charge in [-0.2, -0.15) is 14.6 Å². The third kappa shape index (κ3) is 2.24. The summed E-state index contributed by atoms with van der Waals surface area (Å²) in [5.41, 5.74) is 1.62. The van der Waals surface area contributed by atoms with E-state index in [1.807, 2.05) is 6.92 Å². The second-order valence-electron chi connectivity index (χ2n) is 3.83. The molecule has 7 nitrogen and oxygen atoms in total. The highest BCUT2D eigenvalue weighted by Gasteiger charge is 2.12. The molecule has 2 rings (SSSR count). The molecule has 0 aliphatic carbocycles. The van der Waals surface area contributed by atoms with Gasteiger partial charge in [0.1, 0.15) is 5.82 Å². The molecular weight excluding hydrogens is 234 g/mol. The molecule has 0 aliphatic rings. The number of hydrogen-bond acceptors (Lipinski definition) is 6. The maximum Gasteiger partial charge on any atom is 0.305 e. The largest absolute Gasteiger partial charge is 0.469 e.